The third-order valence-electron chi connectivity index (χ3n) is 6.12. The molecule has 1 aliphatic carbocycles. The summed E-state index contributed by atoms with van der Waals surface area (Å²) in [5.74, 6) is 2.10. The largest absolute Gasteiger partial charge is 0.461 e. The summed E-state index contributed by atoms with van der Waals surface area (Å²) in [7, 11) is 0. The summed E-state index contributed by atoms with van der Waals surface area (Å²) in [6.45, 7) is 0.842. The lowest BCUT2D eigenvalue weighted by molar-refractivity contribution is -0.129. The van der Waals surface area contributed by atoms with Gasteiger partial charge < -0.3 is 9.32 Å². The second kappa shape index (κ2) is 8.98. The summed E-state index contributed by atoms with van der Waals surface area (Å²) >= 11 is 3.25. The van der Waals surface area contributed by atoms with E-state index in [1.165, 1.54) is 35.9 Å². The SMILES string of the molecule is O=C(CSc1nnc(-c2ccco2)n1C1CCCCC1)N1CCC[C@H]1c1cccs1. The Balaban J connectivity index is 1.34. The molecular weight excluding hydrogens is 416 g/mol. The number of carbonyl (C=O) groups excluding carboxylic acids is 1. The molecule has 1 atom stereocenters. The fraction of sp³-hybridized carbons (Fsp3) is 0.500. The Kier molecular flexibility index (Phi) is 5.95. The standard InChI is InChI=1S/C22H26N4O2S2/c27-20(25-12-4-9-17(25)19-11-6-14-29-19)15-30-22-24-23-21(18-10-5-13-28-18)26(22)16-7-2-1-3-8-16/h5-6,10-11,13-14,16-17H,1-4,7-9,12,15H2/t17-/m0/s1. The van der Waals surface area contributed by atoms with Crippen molar-refractivity contribution in [3.8, 4) is 11.6 Å². The van der Waals surface area contributed by atoms with Crippen molar-refractivity contribution in [1.82, 2.24) is 19.7 Å². The minimum atomic E-state index is 0.189. The molecule has 3 aromatic heterocycles. The Hall–Kier alpha value is -2.06. The van der Waals surface area contributed by atoms with E-state index in [0.717, 1.165) is 49.0 Å². The van der Waals surface area contributed by atoms with Crippen molar-refractivity contribution < 1.29 is 9.21 Å². The molecule has 4 heterocycles. The van der Waals surface area contributed by atoms with Gasteiger partial charge in [-0.25, -0.2) is 0 Å². The third kappa shape index (κ3) is 3.95. The van der Waals surface area contributed by atoms with Gasteiger partial charge in [-0.15, -0.1) is 21.5 Å². The molecule has 8 heteroatoms. The van der Waals surface area contributed by atoms with Crippen molar-refractivity contribution in [2.75, 3.05) is 12.3 Å². The van der Waals surface area contributed by atoms with Crippen molar-refractivity contribution in [2.45, 2.75) is 62.2 Å². The average molecular weight is 443 g/mol. The van der Waals surface area contributed by atoms with Crippen LogP contribution in [0.25, 0.3) is 11.6 Å². The first kappa shape index (κ1) is 19.9. The molecule has 0 radical (unpaired) electrons. The average Bonchev–Trinajstić information content (AvgIpc) is 3.57. The molecule has 0 spiro atoms. The van der Waals surface area contributed by atoms with Crippen molar-refractivity contribution in [3.63, 3.8) is 0 Å². The Morgan fingerprint density at radius 2 is 2.03 bits per heavy atom. The zero-order chi connectivity index (χ0) is 20.3. The Bertz CT molecular complexity index is 962. The topological polar surface area (TPSA) is 64.2 Å². The maximum absolute atomic E-state index is 13.1. The third-order valence-corrected chi connectivity index (χ3v) is 8.02. The van der Waals surface area contributed by atoms with E-state index >= 15 is 0 Å². The van der Waals surface area contributed by atoms with Gasteiger partial charge in [0.15, 0.2) is 10.9 Å². The number of thiophene rings is 1. The fourth-order valence-electron chi connectivity index (χ4n) is 4.67. The van der Waals surface area contributed by atoms with Gasteiger partial charge in [-0.3, -0.25) is 9.36 Å². The maximum Gasteiger partial charge on any atom is 0.233 e. The highest BCUT2D eigenvalue weighted by atomic mass is 32.2. The van der Waals surface area contributed by atoms with Crippen molar-refractivity contribution in [2.24, 2.45) is 0 Å². The molecule has 0 aromatic carbocycles. The number of nitrogens with zero attached hydrogens (tertiary/aromatic N) is 4. The molecule has 3 aromatic rings. The number of furan rings is 1. The van der Waals surface area contributed by atoms with Crippen LogP contribution in [0.15, 0.2) is 45.5 Å². The highest BCUT2D eigenvalue weighted by Crippen LogP contribution is 2.37. The van der Waals surface area contributed by atoms with E-state index in [0.29, 0.717) is 11.8 Å². The second-order valence-electron chi connectivity index (χ2n) is 7.99. The number of aromatic nitrogens is 3. The van der Waals surface area contributed by atoms with Crippen LogP contribution in [-0.4, -0.2) is 37.9 Å². The van der Waals surface area contributed by atoms with E-state index in [9.17, 15) is 4.79 Å². The van der Waals surface area contributed by atoms with Crippen LogP contribution in [0.1, 0.15) is 61.9 Å². The number of thioether (sulfide) groups is 1. The van der Waals surface area contributed by atoms with E-state index in [1.54, 1.807) is 17.6 Å². The highest BCUT2D eigenvalue weighted by molar-refractivity contribution is 7.99. The van der Waals surface area contributed by atoms with E-state index in [4.69, 9.17) is 4.42 Å². The Labute approximate surface area is 184 Å². The van der Waals surface area contributed by atoms with Crippen LogP contribution < -0.4 is 0 Å². The molecule has 0 N–H and O–H groups in total. The zero-order valence-corrected chi connectivity index (χ0v) is 18.5. The zero-order valence-electron chi connectivity index (χ0n) is 16.9. The lowest BCUT2D eigenvalue weighted by atomic mass is 9.95. The number of amides is 1. The van der Waals surface area contributed by atoms with Gasteiger partial charge in [0.1, 0.15) is 0 Å². The molecule has 2 aliphatic rings. The first-order valence-electron chi connectivity index (χ1n) is 10.8. The summed E-state index contributed by atoms with van der Waals surface area (Å²) in [6, 6.07) is 8.62. The summed E-state index contributed by atoms with van der Waals surface area (Å²) in [6.07, 6.45) is 9.77. The molecule has 1 saturated carbocycles. The van der Waals surface area contributed by atoms with Crippen molar-refractivity contribution >= 4 is 29.0 Å². The van der Waals surface area contributed by atoms with Gasteiger partial charge >= 0.3 is 0 Å². The molecule has 30 heavy (non-hydrogen) atoms. The summed E-state index contributed by atoms with van der Waals surface area (Å²) in [5, 5.41) is 11.8. The molecule has 6 nitrogen and oxygen atoms in total. The molecule has 2 fully saturated rings. The first-order valence-corrected chi connectivity index (χ1v) is 12.6. The van der Waals surface area contributed by atoms with Crippen LogP contribution in [0.5, 0.6) is 0 Å². The molecule has 5 rings (SSSR count). The van der Waals surface area contributed by atoms with E-state index in [1.807, 2.05) is 17.0 Å². The number of rotatable bonds is 6. The maximum atomic E-state index is 13.1. The summed E-state index contributed by atoms with van der Waals surface area (Å²) < 4.78 is 7.84. The lowest BCUT2D eigenvalue weighted by Crippen LogP contribution is -2.31. The number of likely N-dealkylation sites (tertiary alicyclic amines) is 1. The number of hydrogen-bond acceptors (Lipinski definition) is 6. The lowest BCUT2D eigenvalue weighted by Gasteiger charge is -2.26. The second-order valence-corrected chi connectivity index (χ2v) is 9.92. The van der Waals surface area contributed by atoms with Crippen LogP contribution in [0.2, 0.25) is 0 Å². The van der Waals surface area contributed by atoms with Crippen LogP contribution in [0, 0.1) is 0 Å². The van der Waals surface area contributed by atoms with Crippen molar-refractivity contribution in [3.05, 3.63) is 40.8 Å². The van der Waals surface area contributed by atoms with Gasteiger partial charge in [0.2, 0.25) is 11.7 Å². The minimum absolute atomic E-state index is 0.189. The fourth-order valence-corrected chi connectivity index (χ4v) is 6.43. The first-order chi connectivity index (χ1) is 14.8. The molecule has 1 aliphatic heterocycles. The predicted molar refractivity (Wildman–Crippen MR) is 119 cm³/mol. The molecule has 1 amide bonds. The number of hydrogen-bond donors (Lipinski definition) is 0. The molecular formula is C22H26N4O2S2. The Morgan fingerprint density at radius 1 is 1.13 bits per heavy atom. The summed E-state index contributed by atoms with van der Waals surface area (Å²) in [4.78, 5) is 16.4. The molecule has 0 unspecified atom stereocenters. The van der Waals surface area contributed by atoms with Gasteiger partial charge in [-0.1, -0.05) is 37.1 Å². The minimum Gasteiger partial charge on any atom is -0.461 e. The predicted octanol–water partition coefficient (Wildman–Crippen LogP) is 5.56. The van der Waals surface area contributed by atoms with Gasteiger partial charge in [0.25, 0.3) is 0 Å². The van der Waals surface area contributed by atoms with Crippen molar-refractivity contribution in [1.29, 1.82) is 0 Å². The Morgan fingerprint density at radius 3 is 2.80 bits per heavy atom. The molecule has 1 saturated heterocycles. The smallest absolute Gasteiger partial charge is 0.233 e. The van der Waals surface area contributed by atoms with Crippen LogP contribution >= 0.6 is 23.1 Å². The van der Waals surface area contributed by atoms with E-state index in [-0.39, 0.29) is 11.9 Å². The quantitative estimate of drug-likeness (QED) is 0.468. The van der Waals surface area contributed by atoms with Gasteiger partial charge in [-0.2, -0.15) is 0 Å². The molecule has 158 valence electrons. The monoisotopic (exact) mass is 442 g/mol. The van der Waals surface area contributed by atoms with Crippen LogP contribution in [0.4, 0.5) is 0 Å². The summed E-state index contributed by atoms with van der Waals surface area (Å²) in [5.41, 5.74) is 0. The number of carbonyl (C=O) groups is 1. The van der Waals surface area contributed by atoms with E-state index in [2.05, 4.69) is 32.3 Å². The normalized spacial score (nSPS) is 20.1. The van der Waals surface area contributed by atoms with Crippen LogP contribution in [0.3, 0.4) is 0 Å². The molecule has 0 bridgehead atoms. The van der Waals surface area contributed by atoms with Gasteiger partial charge in [0, 0.05) is 17.5 Å². The van der Waals surface area contributed by atoms with Crippen LogP contribution in [-0.2, 0) is 4.79 Å². The van der Waals surface area contributed by atoms with Gasteiger partial charge in [-0.05, 0) is 49.3 Å². The van der Waals surface area contributed by atoms with E-state index < -0.39 is 0 Å². The highest BCUT2D eigenvalue weighted by Gasteiger charge is 2.31. The van der Waals surface area contributed by atoms with Gasteiger partial charge in [0.05, 0.1) is 18.1 Å².